The number of halogens is 1. The SMILES string of the molecule is CN(Cl)CC/C=C1/c2ccccc2CSc2ccccc21. The highest BCUT2D eigenvalue weighted by Crippen LogP contribution is 2.39. The maximum absolute atomic E-state index is 5.93. The van der Waals surface area contributed by atoms with Crippen LogP contribution >= 0.6 is 23.5 Å². The number of thioether (sulfide) groups is 1. The molecule has 0 aliphatic carbocycles. The molecular formula is C18H18ClNS. The molecule has 2 aromatic carbocycles. The zero-order valence-corrected chi connectivity index (χ0v) is 13.6. The molecule has 0 N–H and O–H groups in total. The maximum Gasteiger partial charge on any atom is 0.0238 e. The standard InChI is InChI=1S/C18H18ClNS/c1-20(19)12-6-10-16-15-8-3-2-7-14(15)13-21-18-11-5-4-9-17(16)18/h2-5,7-11H,6,12-13H2,1H3/b16-10-. The largest absolute Gasteiger partial charge is 0.223 e. The summed E-state index contributed by atoms with van der Waals surface area (Å²) in [5.41, 5.74) is 5.44. The van der Waals surface area contributed by atoms with Gasteiger partial charge in [-0.2, -0.15) is 0 Å². The van der Waals surface area contributed by atoms with Gasteiger partial charge in [-0.25, -0.2) is 4.42 Å². The van der Waals surface area contributed by atoms with Crippen LogP contribution in [0.5, 0.6) is 0 Å². The molecule has 0 bridgehead atoms. The highest BCUT2D eigenvalue weighted by Gasteiger charge is 2.17. The molecule has 0 radical (unpaired) electrons. The van der Waals surface area contributed by atoms with Crippen LogP contribution in [0.1, 0.15) is 23.1 Å². The first-order valence-electron chi connectivity index (χ1n) is 7.13. The van der Waals surface area contributed by atoms with Crippen molar-refractivity contribution < 1.29 is 0 Å². The summed E-state index contributed by atoms with van der Waals surface area (Å²) < 4.78 is 1.71. The van der Waals surface area contributed by atoms with Crippen molar-refractivity contribution in [1.29, 1.82) is 0 Å². The molecule has 0 fully saturated rings. The van der Waals surface area contributed by atoms with Gasteiger partial charge >= 0.3 is 0 Å². The highest BCUT2D eigenvalue weighted by molar-refractivity contribution is 7.98. The van der Waals surface area contributed by atoms with Crippen molar-refractivity contribution in [2.75, 3.05) is 13.6 Å². The normalized spacial score (nSPS) is 15.7. The molecule has 21 heavy (non-hydrogen) atoms. The van der Waals surface area contributed by atoms with E-state index in [1.54, 1.807) is 4.42 Å². The van der Waals surface area contributed by atoms with Crippen molar-refractivity contribution in [2.24, 2.45) is 0 Å². The van der Waals surface area contributed by atoms with E-state index in [-0.39, 0.29) is 0 Å². The summed E-state index contributed by atoms with van der Waals surface area (Å²) in [6.07, 6.45) is 3.27. The quantitative estimate of drug-likeness (QED) is 0.716. The van der Waals surface area contributed by atoms with E-state index in [0.717, 1.165) is 18.7 Å². The molecular weight excluding hydrogens is 298 g/mol. The first-order chi connectivity index (χ1) is 10.3. The molecule has 1 nitrogen and oxygen atoms in total. The van der Waals surface area contributed by atoms with Gasteiger partial charge in [-0.15, -0.1) is 11.8 Å². The van der Waals surface area contributed by atoms with Crippen LogP contribution in [-0.2, 0) is 5.75 Å². The lowest BCUT2D eigenvalue weighted by molar-refractivity contribution is 0.557. The predicted octanol–water partition coefficient (Wildman–Crippen LogP) is 5.20. The van der Waals surface area contributed by atoms with Gasteiger partial charge in [0.2, 0.25) is 0 Å². The zero-order valence-electron chi connectivity index (χ0n) is 12.1. The Morgan fingerprint density at radius 1 is 1.10 bits per heavy atom. The van der Waals surface area contributed by atoms with Gasteiger partial charge in [0.1, 0.15) is 0 Å². The Morgan fingerprint density at radius 3 is 2.62 bits per heavy atom. The minimum absolute atomic E-state index is 0.850. The Balaban J connectivity index is 2.07. The average molecular weight is 316 g/mol. The Bertz CT molecular complexity index is 614. The van der Waals surface area contributed by atoms with Crippen molar-refractivity contribution in [2.45, 2.75) is 17.1 Å². The van der Waals surface area contributed by atoms with Crippen molar-refractivity contribution in [1.82, 2.24) is 4.42 Å². The first-order valence-corrected chi connectivity index (χ1v) is 8.45. The van der Waals surface area contributed by atoms with E-state index in [1.165, 1.54) is 27.2 Å². The van der Waals surface area contributed by atoms with E-state index in [1.807, 2.05) is 18.8 Å². The van der Waals surface area contributed by atoms with Gasteiger partial charge in [-0.3, -0.25) is 0 Å². The lowest BCUT2D eigenvalue weighted by atomic mass is 9.93. The minimum Gasteiger partial charge on any atom is -0.223 e. The highest BCUT2D eigenvalue weighted by atomic mass is 35.5. The van der Waals surface area contributed by atoms with E-state index in [2.05, 4.69) is 54.6 Å². The van der Waals surface area contributed by atoms with E-state index in [4.69, 9.17) is 11.8 Å². The van der Waals surface area contributed by atoms with Gasteiger partial charge in [0.15, 0.2) is 0 Å². The fourth-order valence-corrected chi connectivity index (χ4v) is 3.80. The van der Waals surface area contributed by atoms with Crippen molar-refractivity contribution in [3.63, 3.8) is 0 Å². The fraction of sp³-hybridized carbons (Fsp3) is 0.222. The van der Waals surface area contributed by atoms with Crippen molar-refractivity contribution >= 4 is 29.1 Å². The van der Waals surface area contributed by atoms with E-state index in [9.17, 15) is 0 Å². The summed E-state index contributed by atoms with van der Waals surface area (Å²) in [5.74, 6) is 1.03. The summed E-state index contributed by atoms with van der Waals surface area (Å²) in [4.78, 5) is 1.36. The summed E-state index contributed by atoms with van der Waals surface area (Å²) in [7, 11) is 1.89. The molecule has 0 amide bonds. The minimum atomic E-state index is 0.850. The molecule has 0 unspecified atom stereocenters. The lowest BCUT2D eigenvalue weighted by Gasteiger charge is -2.12. The van der Waals surface area contributed by atoms with Crippen LogP contribution in [0.15, 0.2) is 59.5 Å². The average Bonchev–Trinajstić information content (AvgIpc) is 2.65. The molecule has 0 aromatic heterocycles. The second-order valence-electron chi connectivity index (χ2n) is 5.18. The molecule has 0 saturated heterocycles. The topological polar surface area (TPSA) is 3.24 Å². The summed E-state index contributed by atoms with van der Waals surface area (Å²) in [6.45, 7) is 0.850. The molecule has 2 aromatic rings. The van der Waals surface area contributed by atoms with Gasteiger partial charge in [0, 0.05) is 24.2 Å². The number of fused-ring (bicyclic) bond motifs is 2. The van der Waals surface area contributed by atoms with Gasteiger partial charge in [-0.1, -0.05) is 48.5 Å². The second-order valence-corrected chi connectivity index (χ2v) is 6.77. The Labute approximate surface area is 135 Å². The number of hydrogen-bond acceptors (Lipinski definition) is 2. The Kier molecular flexibility index (Phi) is 4.69. The van der Waals surface area contributed by atoms with Crippen LogP contribution in [0.2, 0.25) is 0 Å². The Hall–Kier alpha value is -1.22. The predicted molar refractivity (Wildman–Crippen MR) is 92.6 cm³/mol. The lowest BCUT2D eigenvalue weighted by Crippen LogP contribution is -2.05. The number of rotatable bonds is 3. The molecule has 0 spiro atoms. The van der Waals surface area contributed by atoms with Crippen LogP contribution in [0.25, 0.3) is 5.57 Å². The third kappa shape index (κ3) is 3.34. The van der Waals surface area contributed by atoms with Crippen LogP contribution in [-0.4, -0.2) is 18.0 Å². The van der Waals surface area contributed by atoms with Crippen LogP contribution in [0.4, 0.5) is 0 Å². The number of benzene rings is 2. The van der Waals surface area contributed by atoms with Crippen molar-refractivity contribution in [3.8, 4) is 0 Å². The summed E-state index contributed by atoms with van der Waals surface area (Å²) in [6, 6.07) is 17.4. The molecule has 1 aliphatic rings. The molecule has 108 valence electrons. The summed E-state index contributed by atoms with van der Waals surface area (Å²) in [5, 5.41) is 0. The first kappa shape index (κ1) is 14.7. The molecule has 3 heteroatoms. The van der Waals surface area contributed by atoms with Crippen molar-refractivity contribution in [3.05, 3.63) is 71.3 Å². The zero-order chi connectivity index (χ0) is 14.7. The van der Waals surface area contributed by atoms with E-state index in [0.29, 0.717) is 0 Å². The Morgan fingerprint density at radius 2 is 1.81 bits per heavy atom. The van der Waals surface area contributed by atoms with Crippen LogP contribution < -0.4 is 0 Å². The molecule has 0 saturated carbocycles. The van der Waals surface area contributed by atoms with E-state index >= 15 is 0 Å². The number of nitrogens with zero attached hydrogens (tertiary/aromatic N) is 1. The van der Waals surface area contributed by atoms with Gasteiger partial charge in [-0.05, 0) is 46.5 Å². The fourth-order valence-electron chi connectivity index (χ4n) is 2.63. The van der Waals surface area contributed by atoms with Crippen LogP contribution in [0, 0.1) is 0 Å². The third-order valence-corrected chi connectivity index (χ3v) is 4.94. The number of hydrogen-bond donors (Lipinski definition) is 0. The van der Waals surface area contributed by atoms with E-state index < -0.39 is 0 Å². The van der Waals surface area contributed by atoms with Crippen LogP contribution in [0.3, 0.4) is 0 Å². The maximum atomic E-state index is 5.93. The summed E-state index contributed by atoms with van der Waals surface area (Å²) >= 11 is 7.85. The molecule has 1 aliphatic heterocycles. The van der Waals surface area contributed by atoms with Gasteiger partial charge < -0.3 is 0 Å². The van der Waals surface area contributed by atoms with Gasteiger partial charge in [0.05, 0.1) is 0 Å². The second kappa shape index (κ2) is 6.69. The molecule has 0 atom stereocenters. The monoisotopic (exact) mass is 315 g/mol. The molecule has 3 rings (SSSR count). The molecule has 1 heterocycles. The van der Waals surface area contributed by atoms with Gasteiger partial charge in [0.25, 0.3) is 0 Å². The smallest absolute Gasteiger partial charge is 0.0238 e. The third-order valence-electron chi connectivity index (χ3n) is 3.65.